The predicted octanol–water partition coefficient (Wildman–Crippen LogP) is 3.76. The summed E-state index contributed by atoms with van der Waals surface area (Å²) in [5.74, 6) is -1.70. The van der Waals surface area contributed by atoms with E-state index in [9.17, 15) is 19.5 Å². The van der Waals surface area contributed by atoms with Gasteiger partial charge in [-0.15, -0.1) is 0 Å². The van der Waals surface area contributed by atoms with E-state index >= 15 is 0 Å². The molecule has 1 saturated carbocycles. The summed E-state index contributed by atoms with van der Waals surface area (Å²) in [6.07, 6.45) is 2.32. The average molecular weight is 475 g/mol. The monoisotopic (exact) mass is 474 g/mol. The van der Waals surface area contributed by atoms with E-state index in [4.69, 9.17) is 4.74 Å². The van der Waals surface area contributed by atoms with E-state index < -0.39 is 23.9 Å². The van der Waals surface area contributed by atoms with Crippen molar-refractivity contribution in [3.05, 3.63) is 71.4 Å². The number of carboxylic acid groups (broad SMARTS) is 1. The first-order chi connectivity index (χ1) is 16.9. The maximum atomic E-state index is 12.8. The molecule has 3 N–H and O–H groups in total. The zero-order valence-corrected chi connectivity index (χ0v) is 19.2. The molecule has 1 fully saturated rings. The number of anilines is 1. The molecule has 2 aliphatic rings. The number of nitrogens with zero attached hydrogens (tertiary/aromatic N) is 2. The Labute approximate surface area is 202 Å². The van der Waals surface area contributed by atoms with Gasteiger partial charge in [-0.05, 0) is 41.5 Å². The molecule has 5 rings (SSSR count). The van der Waals surface area contributed by atoms with Crippen LogP contribution in [0.5, 0.6) is 0 Å². The molecule has 180 valence electrons. The Morgan fingerprint density at radius 2 is 1.71 bits per heavy atom. The number of amides is 2. The molecule has 0 unspecified atom stereocenters. The summed E-state index contributed by atoms with van der Waals surface area (Å²) >= 11 is 0. The van der Waals surface area contributed by atoms with Gasteiger partial charge in [0.05, 0.1) is 5.92 Å². The summed E-state index contributed by atoms with van der Waals surface area (Å²) in [4.78, 5) is 36.7. The summed E-state index contributed by atoms with van der Waals surface area (Å²) in [5, 5.41) is 18.8. The minimum absolute atomic E-state index is 0.0794. The minimum atomic E-state index is -0.847. The fourth-order valence-electron chi connectivity index (χ4n) is 5.08. The van der Waals surface area contributed by atoms with Gasteiger partial charge in [-0.25, -0.2) is 4.79 Å². The van der Waals surface area contributed by atoms with Crippen LogP contribution in [0.15, 0.2) is 54.7 Å². The van der Waals surface area contributed by atoms with Gasteiger partial charge in [0.25, 0.3) is 5.91 Å². The largest absolute Gasteiger partial charge is 0.481 e. The fraction of sp³-hybridized carbons (Fsp3) is 0.308. The second-order valence-corrected chi connectivity index (χ2v) is 9.03. The lowest BCUT2D eigenvalue weighted by molar-refractivity contribution is -0.141. The maximum Gasteiger partial charge on any atom is 0.412 e. The standard InChI is InChI=1S/C26H26N4O5/c1-30-13-21(24(31)27-16-11-10-15(12-16)25(32)33)23(29-30)28-26(34)35-14-22-19-8-4-2-6-17(19)18-7-3-5-9-20(18)22/h2-9,13,15-16,22H,10-12,14H2,1H3,(H,27,31)(H,32,33)(H,28,29,34)/t15-,16+/m0/s1. The molecule has 0 radical (unpaired) electrons. The molecular weight excluding hydrogens is 448 g/mol. The number of aliphatic carboxylic acids is 1. The molecule has 2 atom stereocenters. The van der Waals surface area contributed by atoms with Crippen molar-refractivity contribution in [3.8, 4) is 11.1 Å². The number of rotatable bonds is 6. The van der Waals surface area contributed by atoms with Crippen LogP contribution in [0.1, 0.15) is 46.7 Å². The van der Waals surface area contributed by atoms with Gasteiger partial charge in [-0.2, -0.15) is 5.10 Å². The summed E-state index contributed by atoms with van der Waals surface area (Å²) < 4.78 is 7.00. The van der Waals surface area contributed by atoms with Crippen LogP contribution in [0.4, 0.5) is 10.6 Å². The molecule has 0 bridgehead atoms. The number of aryl methyl sites for hydroxylation is 1. The number of hydrogen-bond acceptors (Lipinski definition) is 5. The second-order valence-electron chi connectivity index (χ2n) is 9.03. The van der Waals surface area contributed by atoms with Crippen LogP contribution in [0.3, 0.4) is 0 Å². The highest BCUT2D eigenvalue weighted by atomic mass is 16.5. The summed E-state index contributed by atoms with van der Waals surface area (Å²) in [6, 6.07) is 15.9. The lowest BCUT2D eigenvalue weighted by Crippen LogP contribution is -2.33. The van der Waals surface area contributed by atoms with E-state index in [2.05, 4.69) is 27.9 Å². The van der Waals surface area contributed by atoms with Gasteiger partial charge in [0, 0.05) is 25.2 Å². The normalized spacial score (nSPS) is 18.5. The molecule has 0 aliphatic heterocycles. The van der Waals surface area contributed by atoms with Gasteiger partial charge < -0.3 is 15.2 Å². The van der Waals surface area contributed by atoms with Crippen molar-refractivity contribution in [1.82, 2.24) is 15.1 Å². The first kappa shape index (κ1) is 22.6. The van der Waals surface area contributed by atoms with Crippen LogP contribution in [0, 0.1) is 5.92 Å². The van der Waals surface area contributed by atoms with Crippen LogP contribution in [-0.2, 0) is 16.6 Å². The number of benzene rings is 2. The number of aromatic nitrogens is 2. The predicted molar refractivity (Wildman–Crippen MR) is 128 cm³/mol. The lowest BCUT2D eigenvalue weighted by atomic mass is 9.98. The number of carboxylic acids is 1. The lowest BCUT2D eigenvalue weighted by Gasteiger charge is -2.15. The van der Waals surface area contributed by atoms with Crippen LogP contribution in [0.2, 0.25) is 0 Å². The molecule has 1 heterocycles. The van der Waals surface area contributed by atoms with Gasteiger partial charge in [0.2, 0.25) is 0 Å². The Kier molecular flexibility index (Phi) is 5.98. The molecule has 9 heteroatoms. The Morgan fingerprint density at radius 3 is 2.34 bits per heavy atom. The fourth-order valence-corrected chi connectivity index (χ4v) is 5.08. The Bertz CT molecular complexity index is 1250. The molecule has 35 heavy (non-hydrogen) atoms. The zero-order chi connectivity index (χ0) is 24.5. The topological polar surface area (TPSA) is 123 Å². The van der Waals surface area contributed by atoms with E-state index in [0.29, 0.717) is 19.3 Å². The summed E-state index contributed by atoms with van der Waals surface area (Å²) in [5.41, 5.74) is 4.68. The van der Waals surface area contributed by atoms with Gasteiger partial charge >= 0.3 is 12.1 Å². The van der Waals surface area contributed by atoms with Crippen molar-refractivity contribution in [1.29, 1.82) is 0 Å². The van der Waals surface area contributed by atoms with Crippen molar-refractivity contribution in [2.45, 2.75) is 31.2 Å². The number of nitrogens with one attached hydrogen (secondary N) is 2. The zero-order valence-electron chi connectivity index (χ0n) is 19.2. The Morgan fingerprint density at radius 1 is 1.06 bits per heavy atom. The first-order valence-corrected chi connectivity index (χ1v) is 11.6. The van der Waals surface area contributed by atoms with E-state index in [1.54, 1.807) is 7.05 Å². The molecule has 2 aromatic carbocycles. The van der Waals surface area contributed by atoms with Crippen molar-refractivity contribution in [2.24, 2.45) is 13.0 Å². The van der Waals surface area contributed by atoms with Crippen LogP contribution < -0.4 is 10.6 Å². The molecule has 2 amide bonds. The Hall–Kier alpha value is -4.14. The SMILES string of the molecule is Cn1cc(C(=O)N[C@@H]2CC[C@H](C(=O)O)C2)c(NC(=O)OCC2c3ccccc3-c3ccccc32)n1. The average Bonchev–Trinajstić information content (AvgIpc) is 3.54. The van der Waals surface area contributed by atoms with E-state index in [-0.39, 0.29) is 29.9 Å². The molecule has 0 spiro atoms. The molecule has 0 saturated heterocycles. The number of fused-ring (bicyclic) bond motifs is 3. The number of ether oxygens (including phenoxy) is 1. The maximum absolute atomic E-state index is 12.8. The third-order valence-corrected chi connectivity index (χ3v) is 6.75. The molecular formula is C26H26N4O5. The van der Waals surface area contributed by atoms with Crippen LogP contribution in [-0.4, -0.2) is 45.5 Å². The summed E-state index contributed by atoms with van der Waals surface area (Å²) in [7, 11) is 1.65. The number of carbonyl (C=O) groups excluding carboxylic acids is 2. The minimum Gasteiger partial charge on any atom is -0.481 e. The first-order valence-electron chi connectivity index (χ1n) is 11.6. The summed E-state index contributed by atoms with van der Waals surface area (Å²) in [6.45, 7) is 0.146. The number of hydrogen-bond donors (Lipinski definition) is 3. The highest BCUT2D eigenvalue weighted by Gasteiger charge is 2.32. The van der Waals surface area contributed by atoms with Crippen molar-refractivity contribution in [3.63, 3.8) is 0 Å². The number of carbonyl (C=O) groups is 3. The Balaban J connectivity index is 1.24. The van der Waals surface area contributed by atoms with Gasteiger partial charge in [0.1, 0.15) is 12.2 Å². The highest BCUT2D eigenvalue weighted by Crippen LogP contribution is 2.44. The quantitative estimate of drug-likeness (QED) is 0.500. The van der Waals surface area contributed by atoms with Crippen molar-refractivity contribution < 1.29 is 24.2 Å². The van der Waals surface area contributed by atoms with Gasteiger partial charge in [0.15, 0.2) is 5.82 Å². The van der Waals surface area contributed by atoms with E-state index in [0.717, 1.165) is 22.3 Å². The third-order valence-electron chi connectivity index (χ3n) is 6.75. The molecule has 1 aromatic heterocycles. The van der Waals surface area contributed by atoms with Crippen LogP contribution in [0.25, 0.3) is 11.1 Å². The molecule has 9 nitrogen and oxygen atoms in total. The van der Waals surface area contributed by atoms with Crippen molar-refractivity contribution in [2.75, 3.05) is 11.9 Å². The molecule has 2 aliphatic carbocycles. The smallest absolute Gasteiger partial charge is 0.412 e. The third kappa shape index (κ3) is 4.49. The van der Waals surface area contributed by atoms with E-state index in [1.165, 1.54) is 10.9 Å². The molecule has 3 aromatic rings. The highest BCUT2D eigenvalue weighted by molar-refractivity contribution is 6.01. The second kappa shape index (κ2) is 9.25. The van der Waals surface area contributed by atoms with Gasteiger partial charge in [-0.3, -0.25) is 19.6 Å². The van der Waals surface area contributed by atoms with E-state index in [1.807, 2.05) is 36.4 Å². The van der Waals surface area contributed by atoms with Crippen LogP contribution >= 0.6 is 0 Å². The van der Waals surface area contributed by atoms with Gasteiger partial charge in [-0.1, -0.05) is 48.5 Å². The van der Waals surface area contributed by atoms with Crippen molar-refractivity contribution >= 4 is 23.8 Å².